The second kappa shape index (κ2) is 11.8. The first-order valence-electron chi connectivity index (χ1n) is 8.05. The summed E-state index contributed by atoms with van der Waals surface area (Å²) >= 11 is 0. The minimum Gasteiger partial charge on any atom is -0.875 e. The fourth-order valence-electron chi connectivity index (χ4n) is 2.12. The van der Waals surface area contributed by atoms with Crippen LogP contribution in [0.15, 0.2) is 120 Å². The number of rotatable bonds is 3. The molecule has 2 nitrogen and oxygen atoms in total. The molecule has 0 radical (unpaired) electrons. The van der Waals surface area contributed by atoms with Gasteiger partial charge in [0.2, 0.25) is 0 Å². The molecule has 1 aromatic carbocycles. The van der Waals surface area contributed by atoms with Crippen molar-refractivity contribution in [1.29, 1.82) is 0 Å². The summed E-state index contributed by atoms with van der Waals surface area (Å²) in [7, 11) is 0. The van der Waals surface area contributed by atoms with E-state index in [1.165, 1.54) is 0 Å². The largest absolute Gasteiger partial charge is 2.00 e. The zero-order valence-electron chi connectivity index (χ0n) is 14.5. The van der Waals surface area contributed by atoms with Crippen LogP contribution in [-0.2, 0) is 17.1 Å². The smallest absolute Gasteiger partial charge is 0.875 e. The van der Waals surface area contributed by atoms with Crippen LogP contribution >= 0.6 is 0 Å². The minimum atomic E-state index is 0. The van der Waals surface area contributed by atoms with E-state index in [1.807, 2.05) is 91.1 Å². The molecule has 0 N–H and O–H groups in total. The summed E-state index contributed by atoms with van der Waals surface area (Å²) in [4.78, 5) is 0. The van der Waals surface area contributed by atoms with E-state index in [0.717, 1.165) is 11.1 Å². The van der Waals surface area contributed by atoms with E-state index in [-0.39, 0.29) is 28.6 Å². The molecule has 0 spiro atoms. The predicted molar refractivity (Wildman–Crippen MR) is 101 cm³/mol. The fourth-order valence-corrected chi connectivity index (χ4v) is 2.12. The molecule has 0 bridgehead atoms. The maximum absolute atomic E-state index is 11.7. The van der Waals surface area contributed by atoms with Crippen LogP contribution in [-0.4, -0.2) is 0 Å². The summed E-state index contributed by atoms with van der Waals surface area (Å²) in [6.45, 7) is 1.56. The summed E-state index contributed by atoms with van der Waals surface area (Å²) in [6.07, 6.45) is 22.5. The minimum absolute atomic E-state index is 0. The Labute approximate surface area is 165 Å². The van der Waals surface area contributed by atoms with E-state index in [0.29, 0.717) is 5.56 Å². The van der Waals surface area contributed by atoms with E-state index < -0.39 is 0 Å². The summed E-state index contributed by atoms with van der Waals surface area (Å²) in [5, 5.41) is 22.2. The van der Waals surface area contributed by atoms with Crippen LogP contribution in [0.2, 0.25) is 0 Å². The molecule has 0 saturated carbocycles. The van der Waals surface area contributed by atoms with Gasteiger partial charge in [-0.15, -0.1) is 11.5 Å². The molecule has 2 aliphatic rings. The predicted octanol–water partition coefficient (Wildman–Crippen LogP) is 3.74. The third-order valence-electron chi connectivity index (χ3n) is 3.46. The molecule has 0 fully saturated rings. The van der Waals surface area contributed by atoms with E-state index in [4.69, 9.17) is 0 Å². The molecule has 0 unspecified atom stereocenters. The van der Waals surface area contributed by atoms with Crippen molar-refractivity contribution in [2.75, 3.05) is 0 Å². The zero-order valence-corrected chi connectivity index (χ0v) is 15.6. The molecule has 0 aromatic heterocycles. The van der Waals surface area contributed by atoms with Crippen molar-refractivity contribution < 1.29 is 27.3 Å². The average Bonchev–Trinajstić information content (AvgIpc) is 3.33. The summed E-state index contributed by atoms with van der Waals surface area (Å²) < 4.78 is 0. The first kappa shape index (κ1) is 21.3. The molecule has 0 amide bonds. The molecule has 0 heterocycles. The quantitative estimate of drug-likeness (QED) is 0.453. The van der Waals surface area contributed by atoms with E-state index in [1.54, 1.807) is 19.1 Å². The monoisotopic (exact) mass is 384 g/mol. The van der Waals surface area contributed by atoms with Gasteiger partial charge < -0.3 is 10.2 Å². The van der Waals surface area contributed by atoms with Crippen molar-refractivity contribution in [3.8, 4) is 0 Å². The van der Waals surface area contributed by atoms with Gasteiger partial charge in [-0.3, -0.25) is 0 Å². The van der Waals surface area contributed by atoms with Crippen LogP contribution in [0.4, 0.5) is 0 Å². The fraction of sp³-hybridized carbons (Fsp3) is 0.0435. The maximum Gasteiger partial charge on any atom is 2.00 e. The van der Waals surface area contributed by atoms with Crippen LogP contribution in [0.3, 0.4) is 0 Å². The van der Waals surface area contributed by atoms with Crippen molar-refractivity contribution in [2.24, 2.45) is 0 Å². The van der Waals surface area contributed by atoms with Crippen molar-refractivity contribution in [3.63, 3.8) is 0 Å². The standard InChI is InChI=1S/C16H14O.C7H8O.Fe/c17-16(15-11-2-1-3-12-15)13-7-6-10-14-8-4-5-9-14;1-6(8)7-4-2-3-5-7;/h1-13,17H;2-5,8H,1H3;/q;;+2/p-2. The zero-order chi connectivity index (χ0) is 17.9. The number of hydrogen-bond donors (Lipinski definition) is 0. The maximum atomic E-state index is 11.7. The molecule has 0 aliphatic heterocycles. The van der Waals surface area contributed by atoms with Gasteiger partial charge in [0.05, 0.1) is 0 Å². The average molecular weight is 384 g/mol. The summed E-state index contributed by atoms with van der Waals surface area (Å²) in [5.41, 5.74) is 2.65. The van der Waals surface area contributed by atoms with Crippen molar-refractivity contribution in [2.45, 2.75) is 6.92 Å². The van der Waals surface area contributed by atoms with Gasteiger partial charge in [0, 0.05) is 0 Å². The number of benzene rings is 1. The molecule has 0 atom stereocenters. The number of allylic oxidation sites excluding steroid dienone is 15. The molecule has 1 aromatic rings. The van der Waals surface area contributed by atoms with E-state index in [9.17, 15) is 10.2 Å². The van der Waals surface area contributed by atoms with Gasteiger partial charge in [0.15, 0.2) is 0 Å². The van der Waals surface area contributed by atoms with Crippen LogP contribution in [0.5, 0.6) is 0 Å². The van der Waals surface area contributed by atoms with Crippen molar-refractivity contribution in [3.05, 3.63) is 126 Å². The van der Waals surface area contributed by atoms with Gasteiger partial charge >= 0.3 is 17.1 Å². The normalized spacial score (nSPS) is 14.4. The molecular weight excluding hydrogens is 364 g/mol. The van der Waals surface area contributed by atoms with E-state index >= 15 is 0 Å². The third kappa shape index (κ3) is 7.43. The van der Waals surface area contributed by atoms with Crippen LogP contribution < -0.4 is 10.2 Å². The van der Waals surface area contributed by atoms with Crippen molar-refractivity contribution in [1.82, 2.24) is 0 Å². The molecule has 26 heavy (non-hydrogen) atoms. The van der Waals surface area contributed by atoms with Gasteiger partial charge in [0.1, 0.15) is 0 Å². The van der Waals surface area contributed by atoms with Gasteiger partial charge in [-0.05, 0) is 16.7 Å². The van der Waals surface area contributed by atoms with Crippen LogP contribution in [0.25, 0.3) is 5.76 Å². The second-order valence-corrected chi connectivity index (χ2v) is 5.40. The molecule has 3 heteroatoms. The Morgan fingerprint density at radius 2 is 1.38 bits per heavy atom. The van der Waals surface area contributed by atoms with Gasteiger partial charge in [-0.25, -0.2) is 0 Å². The van der Waals surface area contributed by atoms with E-state index in [2.05, 4.69) is 0 Å². The first-order chi connectivity index (χ1) is 12.2. The van der Waals surface area contributed by atoms with Crippen LogP contribution in [0, 0.1) is 0 Å². The van der Waals surface area contributed by atoms with Crippen molar-refractivity contribution >= 4 is 5.76 Å². The summed E-state index contributed by atoms with van der Waals surface area (Å²) in [5.74, 6) is 0.160. The second-order valence-electron chi connectivity index (χ2n) is 5.40. The Kier molecular flexibility index (Phi) is 9.63. The van der Waals surface area contributed by atoms with Crippen LogP contribution in [0.1, 0.15) is 12.5 Å². The van der Waals surface area contributed by atoms with Gasteiger partial charge in [-0.2, -0.15) is 0 Å². The SMILES string of the molecule is CC([O-])=C1C=CC=C1.[Fe+2].[O-]C(=CC=CC=C1C=CC=C1)c1ccccc1. The Morgan fingerprint density at radius 3 is 1.92 bits per heavy atom. The Morgan fingerprint density at radius 1 is 0.808 bits per heavy atom. The number of hydrogen-bond acceptors (Lipinski definition) is 2. The summed E-state index contributed by atoms with van der Waals surface area (Å²) in [6, 6.07) is 9.25. The molecular formula is C23H20FeO2. The Balaban J connectivity index is 0.000000318. The Hall–Kier alpha value is -2.74. The molecule has 132 valence electrons. The molecule has 3 rings (SSSR count). The first-order valence-corrected chi connectivity index (χ1v) is 8.05. The van der Waals surface area contributed by atoms with Gasteiger partial charge in [-0.1, -0.05) is 110 Å². The topological polar surface area (TPSA) is 46.1 Å². The van der Waals surface area contributed by atoms with Gasteiger partial charge in [0.25, 0.3) is 0 Å². The molecule has 2 aliphatic carbocycles. The third-order valence-corrected chi connectivity index (χ3v) is 3.46. The Bertz CT molecular complexity index is 785. The molecule has 0 saturated heterocycles.